The number of carboxylic acids is 1. The summed E-state index contributed by atoms with van der Waals surface area (Å²) >= 11 is 7.06. The van der Waals surface area contributed by atoms with E-state index in [4.69, 9.17) is 25.8 Å². The molecular formula is C35H44ClFN2O9S. The average Bonchev–Trinajstić information content (AvgIpc) is 3.04. The Morgan fingerprint density at radius 1 is 1.10 bits per heavy atom. The first-order valence-electron chi connectivity index (χ1n) is 16.2. The normalized spacial score (nSPS) is 15.0. The van der Waals surface area contributed by atoms with Crippen LogP contribution in [-0.2, 0) is 36.1 Å². The number of carbonyl (C=O) groups excluding carboxylic acids is 3. The third kappa shape index (κ3) is 13.3. The highest BCUT2D eigenvalue weighted by Gasteiger charge is 2.28. The molecule has 0 aromatic heterocycles. The summed E-state index contributed by atoms with van der Waals surface area (Å²) in [6.07, 6.45) is 4.08. The van der Waals surface area contributed by atoms with Crippen molar-refractivity contribution in [3.05, 3.63) is 70.1 Å². The number of rotatable bonds is 19. The van der Waals surface area contributed by atoms with Gasteiger partial charge in [-0.3, -0.25) is 14.9 Å². The van der Waals surface area contributed by atoms with E-state index in [1.807, 2.05) is 0 Å². The number of aliphatic hydroxyl groups excluding tert-OH is 1. The Kier molecular flexibility index (Phi) is 16.3. The largest absolute Gasteiger partial charge is 0.494 e. The summed E-state index contributed by atoms with van der Waals surface area (Å²) in [6.45, 7) is 5.31. The maximum absolute atomic E-state index is 14.1. The molecule has 0 aliphatic heterocycles. The van der Waals surface area contributed by atoms with E-state index < -0.39 is 53.3 Å². The van der Waals surface area contributed by atoms with E-state index in [1.165, 1.54) is 18.2 Å². The molecule has 1 saturated carbocycles. The topological polar surface area (TPSA) is 160 Å². The van der Waals surface area contributed by atoms with E-state index in [9.17, 15) is 33.8 Å². The van der Waals surface area contributed by atoms with Crippen molar-refractivity contribution >= 4 is 47.0 Å². The van der Waals surface area contributed by atoms with E-state index >= 15 is 0 Å². The number of allylic oxidation sites excluding steroid dienone is 1. The molecule has 4 N–H and O–H groups in total. The lowest BCUT2D eigenvalue weighted by Crippen LogP contribution is -2.52. The van der Waals surface area contributed by atoms with Gasteiger partial charge in [0.2, 0.25) is 5.91 Å². The van der Waals surface area contributed by atoms with Gasteiger partial charge < -0.3 is 29.7 Å². The fourth-order valence-electron chi connectivity index (χ4n) is 5.21. The third-order valence-electron chi connectivity index (χ3n) is 7.64. The van der Waals surface area contributed by atoms with Gasteiger partial charge in [-0.2, -0.15) is 0 Å². The Bertz CT molecular complexity index is 1460. The molecule has 1 fully saturated rings. The molecule has 0 saturated heterocycles. The molecule has 1 unspecified atom stereocenters. The Hall–Kier alpha value is -3.65. The monoisotopic (exact) mass is 722 g/mol. The number of ketones is 1. The molecule has 268 valence electrons. The number of Topliss-reactive ketones (excluding diaryl/α,β-unsaturated/α-hetero) is 1. The average molecular weight is 723 g/mol. The van der Waals surface area contributed by atoms with Crippen LogP contribution in [0.4, 0.5) is 4.39 Å². The van der Waals surface area contributed by atoms with Crippen molar-refractivity contribution < 1.29 is 48.0 Å². The minimum absolute atomic E-state index is 0.0262. The van der Waals surface area contributed by atoms with E-state index in [-0.39, 0.29) is 41.2 Å². The van der Waals surface area contributed by atoms with Gasteiger partial charge >= 0.3 is 11.9 Å². The number of halogens is 2. The number of thioether (sulfide) groups is 1. The molecule has 0 radical (unpaired) electrons. The Morgan fingerprint density at radius 2 is 1.84 bits per heavy atom. The number of aliphatic carboxylic acids is 1. The highest BCUT2D eigenvalue weighted by Crippen LogP contribution is 2.27. The second-order valence-electron chi connectivity index (χ2n) is 11.9. The van der Waals surface area contributed by atoms with Crippen molar-refractivity contribution in [3.8, 4) is 11.5 Å². The van der Waals surface area contributed by atoms with E-state index in [2.05, 4.69) is 10.6 Å². The van der Waals surface area contributed by atoms with Crippen molar-refractivity contribution in [1.82, 2.24) is 10.6 Å². The van der Waals surface area contributed by atoms with Crippen LogP contribution in [0.1, 0.15) is 64.0 Å². The first kappa shape index (κ1) is 39.8. The number of carbonyl (C=O) groups is 4. The predicted octanol–water partition coefficient (Wildman–Crippen LogP) is 5.19. The molecule has 1 aliphatic rings. The number of esters is 1. The van der Waals surface area contributed by atoms with Gasteiger partial charge in [-0.1, -0.05) is 37.9 Å². The van der Waals surface area contributed by atoms with Crippen molar-refractivity contribution in [2.45, 2.75) is 83.4 Å². The zero-order valence-electron chi connectivity index (χ0n) is 27.8. The molecular weight excluding hydrogens is 679 g/mol. The number of amides is 1. The number of nitrogens with one attached hydrogen (secondary N) is 2. The molecule has 14 heteroatoms. The van der Waals surface area contributed by atoms with E-state index in [0.29, 0.717) is 29.7 Å². The molecule has 2 aromatic carbocycles. The van der Waals surface area contributed by atoms with Crippen molar-refractivity contribution in [2.24, 2.45) is 5.92 Å². The number of aliphatic hydroxyl groups is 1. The van der Waals surface area contributed by atoms with Gasteiger partial charge in [-0.05, 0) is 68.9 Å². The molecule has 0 bridgehead atoms. The van der Waals surface area contributed by atoms with Gasteiger partial charge in [0.05, 0.1) is 30.2 Å². The molecule has 2 atom stereocenters. The summed E-state index contributed by atoms with van der Waals surface area (Å²) in [6, 6.07) is 8.10. The maximum atomic E-state index is 14.1. The third-order valence-corrected chi connectivity index (χ3v) is 8.95. The summed E-state index contributed by atoms with van der Waals surface area (Å²) in [5.74, 6) is -3.66. The second-order valence-corrected chi connectivity index (χ2v) is 13.2. The molecule has 1 aliphatic carbocycles. The zero-order valence-corrected chi connectivity index (χ0v) is 29.4. The first-order valence-corrected chi connectivity index (χ1v) is 17.7. The van der Waals surface area contributed by atoms with Gasteiger partial charge in [-0.15, -0.1) is 11.8 Å². The SMILES string of the molecule is CCOc1ccc(OCC(=O)OC2CCCCC2)cc1CC(O)N[C@H](C(=O)NC(=CC(=O)O)C(=O)CSCc1c(F)cccc1Cl)C(C)C. The second kappa shape index (κ2) is 20.1. The van der Waals surface area contributed by atoms with Gasteiger partial charge in [0.25, 0.3) is 0 Å². The van der Waals surface area contributed by atoms with Gasteiger partial charge in [0.1, 0.15) is 29.6 Å². The van der Waals surface area contributed by atoms with Crippen LogP contribution < -0.4 is 20.1 Å². The lowest BCUT2D eigenvalue weighted by Gasteiger charge is -2.26. The Balaban J connectivity index is 1.63. The Morgan fingerprint density at radius 3 is 2.49 bits per heavy atom. The lowest BCUT2D eigenvalue weighted by atomic mass is 9.98. The van der Waals surface area contributed by atoms with Crippen LogP contribution in [0.15, 0.2) is 48.2 Å². The standard InChI is InChI=1S/C35H44ClFN2O9S/c1-4-46-30-14-13-24(47-18-33(44)48-23-9-6-5-7-10-23)15-22(30)16-31(41)39-34(21(2)3)35(45)38-28(17-32(42)43)29(40)20-49-19-25-26(36)11-8-12-27(25)37/h8,11-15,17,21,23,31,34,39,41H,4-7,9-10,16,18-20H2,1-3H3,(H,38,45)(H,42,43)/t31?,34-/m0/s1. The molecule has 3 rings (SSSR count). The molecule has 0 heterocycles. The first-order chi connectivity index (χ1) is 23.4. The van der Waals surface area contributed by atoms with E-state index in [1.54, 1.807) is 39.0 Å². The van der Waals surface area contributed by atoms with E-state index in [0.717, 1.165) is 43.9 Å². The van der Waals surface area contributed by atoms with Crippen LogP contribution in [0.25, 0.3) is 0 Å². The predicted molar refractivity (Wildman–Crippen MR) is 184 cm³/mol. The van der Waals surface area contributed by atoms with Gasteiger partial charge in [0, 0.05) is 28.3 Å². The van der Waals surface area contributed by atoms with Crippen molar-refractivity contribution in [2.75, 3.05) is 19.0 Å². The molecule has 49 heavy (non-hydrogen) atoms. The lowest BCUT2D eigenvalue weighted by molar-refractivity contribution is -0.152. The molecule has 1 amide bonds. The summed E-state index contributed by atoms with van der Waals surface area (Å²) < 4.78 is 31.0. The van der Waals surface area contributed by atoms with Crippen molar-refractivity contribution in [3.63, 3.8) is 0 Å². The minimum Gasteiger partial charge on any atom is -0.494 e. The molecule has 2 aromatic rings. The van der Waals surface area contributed by atoms with Crippen LogP contribution in [0, 0.1) is 11.7 Å². The van der Waals surface area contributed by atoms with Crippen molar-refractivity contribution in [1.29, 1.82) is 0 Å². The van der Waals surface area contributed by atoms with Gasteiger partial charge in [0.15, 0.2) is 12.4 Å². The minimum atomic E-state index is -1.45. The van der Waals surface area contributed by atoms with Crippen LogP contribution in [0.3, 0.4) is 0 Å². The van der Waals surface area contributed by atoms with Crippen LogP contribution >= 0.6 is 23.4 Å². The zero-order chi connectivity index (χ0) is 35.9. The highest BCUT2D eigenvalue weighted by atomic mass is 35.5. The number of hydrogen-bond acceptors (Lipinski definition) is 10. The summed E-state index contributed by atoms with van der Waals surface area (Å²) in [7, 11) is 0. The summed E-state index contributed by atoms with van der Waals surface area (Å²) in [5, 5.41) is 25.8. The highest BCUT2D eigenvalue weighted by molar-refractivity contribution is 7.99. The molecule has 0 spiro atoms. The summed E-state index contributed by atoms with van der Waals surface area (Å²) in [4.78, 5) is 50.1. The Labute approximate surface area is 294 Å². The quantitative estimate of drug-likeness (QED) is 0.0858. The van der Waals surface area contributed by atoms with Crippen LogP contribution in [0.5, 0.6) is 11.5 Å². The smallest absolute Gasteiger partial charge is 0.344 e. The maximum Gasteiger partial charge on any atom is 0.344 e. The number of hydrogen-bond donors (Lipinski definition) is 4. The van der Waals surface area contributed by atoms with Crippen LogP contribution in [-0.4, -0.2) is 71.2 Å². The fraction of sp³-hybridized carbons (Fsp3) is 0.486. The van der Waals surface area contributed by atoms with Gasteiger partial charge in [-0.25, -0.2) is 14.0 Å². The number of benzene rings is 2. The number of carboxylic acid groups (broad SMARTS) is 1. The fourth-order valence-corrected chi connectivity index (χ4v) is 6.46. The summed E-state index contributed by atoms with van der Waals surface area (Å²) in [5.41, 5.74) is 0.281. The molecule has 11 nitrogen and oxygen atoms in total. The van der Waals surface area contributed by atoms with Crippen LogP contribution in [0.2, 0.25) is 5.02 Å². The number of ether oxygens (including phenoxy) is 3.